The standard InChI is InChI=1S/C21H17N3O6/c1-29-21(26)18-5-3-2-4-17(18)19-11-10-16(30-19)13-22-23-20(25)12-14-6-8-15(9-7-14)24(27)28/h2-11,13H,12H2,1H3,(H,23,25)/b22-13-. The van der Waals surface area contributed by atoms with Gasteiger partial charge in [-0.3, -0.25) is 14.9 Å². The Kier molecular flexibility index (Phi) is 6.33. The van der Waals surface area contributed by atoms with Crippen LogP contribution in [0.2, 0.25) is 0 Å². The van der Waals surface area contributed by atoms with Crippen LogP contribution in [0.25, 0.3) is 11.3 Å². The van der Waals surface area contributed by atoms with Crippen LogP contribution in [-0.4, -0.2) is 30.1 Å². The van der Waals surface area contributed by atoms with Crippen LogP contribution in [0.1, 0.15) is 21.7 Å². The summed E-state index contributed by atoms with van der Waals surface area (Å²) in [7, 11) is 1.30. The minimum absolute atomic E-state index is 0.0191. The smallest absolute Gasteiger partial charge is 0.338 e. The molecule has 0 fully saturated rings. The van der Waals surface area contributed by atoms with E-state index in [0.717, 1.165) is 0 Å². The SMILES string of the molecule is COC(=O)c1ccccc1-c1ccc(/C=N\NC(=O)Cc2ccc([N+](=O)[O-])cc2)o1. The zero-order valence-corrected chi connectivity index (χ0v) is 15.9. The molecule has 0 saturated heterocycles. The first-order valence-corrected chi connectivity index (χ1v) is 8.80. The first-order chi connectivity index (χ1) is 14.5. The number of hydrogen-bond acceptors (Lipinski definition) is 7. The van der Waals surface area contributed by atoms with Crippen molar-refractivity contribution in [3.05, 3.63) is 87.7 Å². The molecule has 3 rings (SSSR count). The molecule has 0 bridgehead atoms. The van der Waals surface area contributed by atoms with E-state index >= 15 is 0 Å². The molecular weight excluding hydrogens is 390 g/mol. The van der Waals surface area contributed by atoms with Crippen molar-refractivity contribution in [1.29, 1.82) is 0 Å². The second-order valence-electron chi connectivity index (χ2n) is 6.13. The van der Waals surface area contributed by atoms with E-state index in [-0.39, 0.29) is 18.0 Å². The summed E-state index contributed by atoms with van der Waals surface area (Å²) in [6, 6.07) is 15.9. The number of nitrogens with one attached hydrogen (secondary N) is 1. The number of amides is 1. The fraction of sp³-hybridized carbons (Fsp3) is 0.0952. The van der Waals surface area contributed by atoms with Crippen LogP contribution in [0, 0.1) is 10.1 Å². The largest absolute Gasteiger partial charge is 0.465 e. The summed E-state index contributed by atoms with van der Waals surface area (Å²) in [6.07, 6.45) is 1.35. The lowest BCUT2D eigenvalue weighted by Gasteiger charge is -2.04. The quantitative estimate of drug-likeness (QED) is 0.277. The van der Waals surface area contributed by atoms with Gasteiger partial charge in [0, 0.05) is 17.7 Å². The Morgan fingerprint density at radius 3 is 2.57 bits per heavy atom. The third-order valence-electron chi connectivity index (χ3n) is 4.12. The maximum atomic E-state index is 12.0. The van der Waals surface area contributed by atoms with Crippen LogP contribution in [-0.2, 0) is 16.0 Å². The number of rotatable bonds is 7. The number of nitro groups is 1. The molecule has 1 amide bonds. The molecule has 9 heteroatoms. The van der Waals surface area contributed by atoms with E-state index < -0.39 is 10.9 Å². The summed E-state index contributed by atoms with van der Waals surface area (Å²) in [6.45, 7) is 0. The van der Waals surface area contributed by atoms with Crippen molar-refractivity contribution in [3.63, 3.8) is 0 Å². The number of carbonyl (C=O) groups is 2. The third-order valence-corrected chi connectivity index (χ3v) is 4.12. The van der Waals surface area contributed by atoms with Gasteiger partial charge >= 0.3 is 5.97 Å². The van der Waals surface area contributed by atoms with Crippen molar-refractivity contribution in [1.82, 2.24) is 5.43 Å². The molecule has 0 spiro atoms. The molecule has 0 atom stereocenters. The van der Waals surface area contributed by atoms with Crippen LogP contribution in [0.5, 0.6) is 0 Å². The Labute approximate surface area is 171 Å². The van der Waals surface area contributed by atoms with E-state index in [0.29, 0.717) is 28.2 Å². The van der Waals surface area contributed by atoms with Crippen molar-refractivity contribution < 1.29 is 23.7 Å². The second kappa shape index (κ2) is 9.28. The van der Waals surface area contributed by atoms with E-state index in [1.807, 2.05) is 0 Å². The van der Waals surface area contributed by atoms with Gasteiger partial charge in [0.15, 0.2) is 0 Å². The molecule has 0 aliphatic carbocycles. The van der Waals surface area contributed by atoms with Crippen molar-refractivity contribution >= 4 is 23.8 Å². The lowest BCUT2D eigenvalue weighted by atomic mass is 10.1. The summed E-state index contributed by atoms with van der Waals surface area (Å²) in [4.78, 5) is 34.0. The predicted octanol–water partition coefficient (Wildman–Crippen LogP) is 3.33. The highest BCUT2D eigenvalue weighted by atomic mass is 16.6. The highest BCUT2D eigenvalue weighted by Crippen LogP contribution is 2.26. The molecule has 2 aromatic carbocycles. The Balaban J connectivity index is 1.62. The van der Waals surface area contributed by atoms with Crippen LogP contribution in [0.15, 0.2) is 70.2 Å². The zero-order chi connectivity index (χ0) is 21.5. The van der Waals surface area contributed by atoms with Gasteiger partial charge in [-0.1, -0.05) is 30.3 Å². The molecule has 0 saturated carbocycles. The number of hydrogen-bond donors (Lipinski definition) is 1. The minimum Gasteiger partial charge on any atom is -0.465 e. The first kappa shape index (κ1) is 20.5. The molecule has 1 heterocycles. The van der Waals surface area contributed by atoms with Gasteiger partial charge in [0.2, 0.25) is 5.91 Å². The van der Waals surface area contributed by atoms with Crippen molar-refractivity contribution in [2.75, 3.05) is 7.11 Å². The lowest BCUT2D eigenvalue weighted by Crippen LogP contribution is -2.19. The van der Waals surface area contributed by atoms with Gasteiger partial charge in [0.05, 0.1) is 30.2 Å². The van der Waals surface area contributed by atoms with Gasteiger partial charge in [0.1, 0.15) is 11.5 Å². The van der Waals surface area contributed by atoms with Gasteiger partial charge in [0.25, 0.3) is 5.69 Å². The first-order valence-electron chi connectivity index (χ1n) is 8.80. The Bertz CT molecular complexity index is 1100. The maximum Gasteiger partial charge on any atom is 0.338 e. The van der Waals surface area contributed by atoms with Gasteiger partial charge in [-0.05, 0) is 23.8 Å². The molecule has 152 valence electrons. The van der Waals surface area contributed by atoms with Gasteiger partial charge in [-0.2, -0.15) is 5.10 Å². The predicted molar refractivity (Wildman–Crippen MR) is 108 cm³/mol. The van der Waals surface area contributed by atoms with Gasteiger partial charge in [-0.15, -0.1) is 0 Å². The molecule has 1 N–H and O–H groups in total. The van der Waals surface area contributed by atoms with Crippen molar-refractivity contribution in [3.8, 4) is 11.3 Å². The number of non-ortho nitro benzene ring substituents is 1. The van der Waals surface area contributed by atoms with E-state index in [2.05, 4.69) is 10.5 Å². The molecule has 0 aliphatic rings. The molecule has 30 heavy (non-hydrogen) atoms. The van der Waals surface area contributed by atoms with E-state index in [9.17, 15) is 19.7 Å². The van der Waals surface area contributed by atoms with Gasteiger partial charge < -0.3 is 9.15 Å². The summed E-state index contributed by atoms with van der Waals surface area (Å²) in [5, 5.41) is 14.5. The third kappa shape index (κ3) is 4.96. The topological polar surface area (TPSA) is 124 Å². The lowest BCUT2D eigenvalue weighted by molar-refractivity contribution is -0.384. The number of carbonyl (C=O) groups excluding carboxylic acids is 2. The Morgan fingerprint density at radius 1 is 1.13 bits per heavy atom. The average Bonchev–Trinajstić information content (AvgIpc) is 3.22. The molecule has 0 radical (unpaired) electrons. The number of ether oxygens (including phenoxy) is 1. The van der Waals surface area contributed by atoms with Crippen LogP contribution in [0.3, 0.4) is 0 Å². The summed E-state index contributed by atoms with van der Waals surface area (Å²) in [5.74, 6) is -0.0337. The number of benzene rings is 2. The van der Waals surface area contributed by atoms with Crippen molar-refractivity contribution in [2.45, 2.75) is 6.42 Å². The molecule has 9 nitrogen and oxygen atoms in total. The van der Waals surface area contributed by atoms with E-state index in [1.54, 1.807) is 36.4 Å². The monoisotopic (exact) mass is 407 g/mol. The van der Waals surface area contributed by atoms with Crippen molar-refractivity contribution in [2.24, 2.45) is 5.10 Å². The number of methoxy groups -OCH3 is 1. The number of nitro benzene ring substituents is 1. The van der Waals surface area contributed by atoms with Crippen LogP contribution >= 0.6 is 0 Å². The van der Waals surface area contributed by atoms with E-state index in [1.165, 1.54) is 37.6 Å². The summed E-state index contributed by atoms with van der Waals surface area (Å²) < 4.78 is 10.4. The zero-order valence-electron chi connectivity index (χ0n) is 15.9. The number of esters is 1. The highest BCUT2D eigenvalue weighted by Gasteiger charge is 2.15. The molecule has 3 aromatic rings. The fourth-order valence-electron chi connectivity index (χ4n) is 2.68. The summed E-state index contributed by atoms with van der Waals surface area (Å²) >= 11 is 0. The van der Waals surface area contributed by atoms with Crippen LogP contribution in [0.4, 0.5) is 5.69 Å². The number of furan rings is 1. The maximum absolute atomic E-state index is 12.0. The normalized spacial score (nSPS) is 10.7. The van der Waals surface area contributed by atoms with Gasteiger partial charge in [-0.25, -0.2) is 10.2 Å². The summed E-state index contributed by atoms with van der Waals surface area (Å²) in [5.41, 5.74) is 3.89. The molecule has 0 aliphatic heterocycles. The second-order valence-corrected chi connectivity index (χ2v) is 6.13. The molecule has 0 unspecified atom stereocenters. The molecule has 1 aromatic heterocycles. The fourth-order valence-corrected chi connectivity index (χ4v) is 2.68. The van der Waals surface area contributed by atoms with E-state index in [4.69, 9.17) is 9.15 Å². The Morgan fingerprint density at radius 2 is 1.87 bits per heavy atom. The minimum atomic E-state index is -0.505. The van der Waals surface area contributed by atoms with Crippen LogP contribution < -0.4 is 5.43 Å². The average molecular weight is 407 g/mol. The Hall–Kier alpha value is -4.27. The number of nitrogens with zero attached hydrogens (tertiary/aromatic N) is 2. The highest BCUT2D eigenvalue weighted by molar-refractivity contribution is 5.96. The number of hydrazone groups is 1. The molecular formula is C21H17N3O6.